The van der Waals surface area contributed by atoms with Gasteiger partial charge in [0.15, 0.2) is 0 Å². The third-order valence-corrected chi connectivity index (χ3v) is 6.07. The number of aromatic nitrogens is 2. The Morgan fingerprint density at radius 2 is 1.64 bits per heavy atom. The van der Waals surface area contributed by atoms with E-state index in [4.69, 9.17) is 16.1 Å². The van der Waals surface area contributed by atoms with Crippen molar-refractivity contribution in [2.75, 3.05) is 0 Å². The molecule has 1 aromatic heterocycles. The first-order valence-corrected chi connectivity index (χ1v) is 11.0. The van der Waals surface area contributed by atoms with Crippen molar-refractivity contribution in [1.29, 1.82) is 0 Å². The number of benzene rings is 3. The van der Waals surface area contributed by atoms with Crippen LogP contribution in [0.2, 0.25) is 5.02 Å². The Balaban J connectivity index is 1.60. The van der Waals surface area contributed by atoms with Crippen molar-refractivity contribution in [3.63, 3.8) is 0 Å². The lowest BCUT2D eigenvalue weighted by Crippen LogP contribution is -2.45. The zero-order valence-electron chi connectivity index (χ0n) is 17.9. The van der Waals surface area contributed by atoms with Gasteiger partial charge in [0.25, 0.3) is 5.89 Å². The molecule has 0 saturated carbocycles. The van der Waals surface area contributed by atoms with Crippen LogP contribution in [0.25, 0.3) is 17.0 Å². The highest BCUT2D eigenvalue weighted by Crippen LogP contribution is 2.38. The maximum atomic E-state index is 13.2. The van der Waals surface area contributed by atoms with Gasteiger partial charge in [0.2, 0.25) is 5.82 Å². The van der Waals surface area contributed by atoms with E-state index in [-0.39, 0.29) is 6.03 Å². The lowest BCUT2D eigenvalue weighted by molar-refractivity contribution is 0.203. The van der Waals surface area contributed by atoms with Gasteiger partial charge in [-0.15, -0.1) is 0 Å². The van der Waals surface area contributed by atoms with Gasteiger partial charge in [-0.1, -0.05) is 95.6 Å². The molecule has 5 rings (SSSR count). The van der Waals surface area contributed by atoms with Crippen LogP contribution in [0.4, 0.5) is 4.79 Å². The quantitative estimate of drug-likeness (QED) is 0.394. The molecule has 33 heavy (non-hydrogen) atoms. The second-order valence-electron chi connectivity index (χ2n) is 7.76. The van der Waals surface area contributed by atoms with E-state index in [0.717, 1.165) is 28.0 Å². The third-order valence-electron chi connectivity index (χ3n) is 5.70. The first kappa shape index (κ1) is 21.0. The van der Waals surface area contributed by atoms with E-state index in [9.17, 15) is 4.79 Å². The minimum atomic E-state index is -0.426. The number of nitrogens with one attached hydrogen (secondary N) is 1. The first-order chi connectivity index (χ1) is 16.1. The molecule has 1 atom stereocenters. The van der Waals surface area contributed by atoms with Crippen LogP contribution in [-0.2, 0) is 6.54 Å². The molecule has 4 aromatic rings. The van der Waals surface area contributed by atoms with Gasteiger partial charge in [0, 0.05) is 16.3 Å². The first-order valence-electron chi connectivity index (χ1n) is 10.6. The zero-order valence-corrected chi connectivity index (χ0v) is 18.7. The highest BCUT2D eigenvalue weighted by atomic mass is 35.5. The molecule has 0 saturated heterocycles. The number of hydrogen-bond acceptors (Lipinski definition) is 4. The Morgan fingerprint density at radius 1 is 0.970 bits per heavy atom. The lowest BCUT2D eigenvalue weighted by atomic mass is 9.94. The number of hydrogen-bond donors (Lipinski definition) is 1. The number of carbonyl (C=O) groups is 1. The molecule has 2 amide bonds. The Bertz CT molecular complexity index is 1320. The predicted octanol–water partition coefficient (Wildman–Crippen LogP) is 6.09. The van der Waals surface area contributed by atoms with Crippen LogP contribution in [0, 0.1) is 0 Å². The second kappa shape index (κ2) is 8.92. The molecule has 0 aliphatic carbocycles. The summed E-state index contributed by atoms with van der Waals surface area (Å²) in [7, 11) is 0. The van der Waals surface area contributed by atoms with E-state index in [1.165, 1.54) is 0 Å². The van der Waals surface area contributed by atoms with Crippen LogP contribution < -0.4 is 5.32 Å². The molecular weight excluding hydrogens is 436 g/mol. The molecule has 1 aliphatic heterocycles. The van der Waals surface area contributed by atoms with E-state index in [1.54, 1.807) is 4.90 Å². The van der Waals surface area contributed by atoms with Gasteiger partial charge in [-0.25, -0.2) is 4.79 Å². The van der Waals surface area contributed by atoms with Gasteiger partial charge in [-0.05, 0) is 24.1 Å². The highest BCUT2D eigenvalue weighted by Gasteiger charge is 2.35. The summed E-state index contributed by atoms with van der Waals surface area (Å²) in [6, 6.07) is 26.2. The molecule has 3 aromatic carbocycles. The topological polar surface area (TPSA) is 71.3 Å². The van der Waals surface area contributed by atoms with E-state index >= 15 is 0 Å². The third kappa shape index (κ3) is 4.13. The summed E-state index contributed by atoms with van der Waals surface area (Å²) in [5, 5.41) is 7.91. The van der Waals surface area contributed by atoms with Crippen molar-refractivity contribution in [3.8, 4) is 11.4 Å². The fraction of sp³-hybridized carbons (Fsp3) is 0.115. The van der Waals surface area contributed by atoms with Crippen molar-refractivity contribution >= 4 is 23.2 Å². The predicted molar refractivity (Wildman–Crippen MR) is 127 cm³/mol. The van der Waals surface area contributed by atoms with Crippen molar-refractivity contribution in [1.82, 2.24) is 20.4 Å². The molecule has 0 spiro atoms. The zero-order chi connectivity index (χ0) is 22.8. The average molecular weight is 457 g/mol. The standard InChI is InChI=1S/C26H21ClN4O2/c1-17-22(25-29-24(30-33-25)19-12-6-3-7-13-19)23(18-10-4-2-5-11-18)28-26(32)31(17)16-20-14-8-9-15-21(20)27/h2-15,23H,16H2,1H3,(H,28,32). The number of halogens is 1. The summed E-state index contributed by atoms with van der Waals surface area (Å²) >= 11 is 6.37. The van der Waals surface area contributed by atoms with Crippen LogP contribution in [-0.4, -0.2) is 21.1 Å². The molecule has 0 radical (unpaired) electrons. The summed E-state index contributed by atoms with van der Waals surface area (Å²) in [6.45, 7) is 2.22. The number of nitrogens with zero attached hydrogens (tertiary/aromatic N) is 3. The van der Waals surface area contributed by atoms with E-state index < -0.39 is 6.04 Å². The lowest BCUT2D eigenvalue weighted by Gasteiger charge is -2.35. The minimum absolute atomic E-state index is 0.215. The normalized spacial score (nSPS) is 16.1. The summed E-state index contributed by atoms with van der Waals surface area (Å²) in [5.74, 6) is 0.858. The van der Waals surface area contributed by atoms with Gasteiger partial charge in [0.1, 0.15) is 0 Å². The number of carbonyl (C=O) groups excluding carboxylic acids is 1. The molecule has 2 heterocycles. The van der Waals surface area contributed by atoms with Crippen LogP contribution in [0.3, 0.4) is 0 Å². The molecule has 6 nitrogen and oxygen atoms in total. The van der Waals surface area contributed by atoms with Gasteiger partial charge >= 0.3 is 6.03 Å². The second-order valence-corrected chi connectivity index (χ2v) is 8.17. The monoisotopic (exact) mass is 456 g/mol. The average Bonchev–Trinajstić information content (AvgIpc) is 3.33. The van der Waals surface area contributed by atoms with Gasteiger partial charge < -0.3 is 9.84 Å². The van der Waals surface area contributed by atoms with Crippen molar-refractivity contribution in [2.45, 2.75) is 19.5 Å². The van der Waals surface area contributed by atoms with Crippen LogP contribution in [0.5, 0.6) is 0 Å². The molecule has 164 valence electrons. The molecular formula is C26H21ClN4O2. The summed E-state index contributed by atoms with van der Waals surface area (Å²) < 4.78 is 5.72. The molecule has 0 bridgehead atoms. The molecule has 0 fully saturated rings. The SMILES string of the molecule is CC1=C(c2nc(-c3ccccc3)no2)C(c2ccccc2)NC(=O)N1Cc1ccccc1Cl. The molecule has 1 N–H and O–H groups in total. The van der Waals surface area contributed by atoms with E-state index in [0.29, 0.717) is 23.3 Å². The van der Waals surface area contributed by atoms with E-state index in [1.807, 2.05) is 91.9 Å². The van der Waals surface area contributed by atoms with Crippen LogP contribution in [0.1, 0.15) is 30.0 Å². The van der Waals surface area contributed by atoms with Gasteiger partial charge in [-0.2, -0.15) is 4.98 Å². The summed E-state index contributed by atoms with van der Waals surface area (Å²) in [6.07, 6.45) is 0. The number of urea groups is 1. The Hall–Kier alpha value is -3.90. The maximum absolute atomic E-state index is 13.2. The van der Waals surface area contributed by atoms with Crippen LogP contribution in [0.15, 0.2) is 95.1 Å². The van der Waals surface area contributed by atoms with Crippen molar-refractivity contribution < 1.29 is 9.32 Å². The Kier molecular flexibility index (Phi) is 5.67. The maximum Gasteiger partial charge on any atom is 0.322 e. The molecule has 1 aliphatic rings. The Morgan fingerprint density at radius 3 is 2.36 bits per heavy atom. The Labute approximate surface area is 196 Å². The molecule has 7 heteroatoms. The van der Waals surface area contributed by atoms with Crippen molar-refractivity contribution in [3.05, 3.63) is 113 Å². The van der Waals surface area contributed by atoms with Crippen LogP contribution >= 0.6 is 11.6 Å². The summed E-state index contributed by atoms with van der Waals surface area (Å²) in [4.78, 5) is 19.5. The van der Waals surface area contributed by atoms with Crippen molar-refractivity contribution in [2.24, 2.45) is 0 Å². The van der Waals surface area contributed by atoms with E-state index in [2.05, 4.69) is 15.5 Å². The molecule has 1 unspecified atom stereocenters. The summed E-state index contributed by atoms with van der Waals surface area (Å²) in [5.41, 5.74) is 4.12. The minimum Gasteiger partial charge on any atom is -0.334 e. The largest absolute Gasteiger partial charge is 0.334 e. The number of allylic oxidation sites excluding steroid dienone is 1. The van der Waals surface area contributed by atoms with Gasteiger partial charge in [0.05, 0.1) is 18.2 Å². The van der Waals surface area contributed by atoms with Gasteiger partial charge in [-0.3, -0.25) is 4.90 Å². The fourth-order valence-electron chi connectivity index (χ4n) is 3.98. The number of rotatable bonds is 5. The number of amides is 2. The fourth-order valence-corrected chi connectivity index (χ4v) is 4.17. The highest BCUT2D eigenvalue weighted by molar-refractivity contribution is 6.31. The smallest absolute Gasteiger partial charge is 0.322 e.